The summed E-state index contributed by atoms with van der Waals surface area (Å²) in [7, 11) is 0. The van der Waals surface area contributed by atoms with E-state index in [4.69, 9.17) is 9.47 Å². The Balaban J connectivity index is 1.28. The highest BCUT2D eigenvalue weighted by atomic mass is 19.1. The van der Waals surface area contributed by atoms with Crippen molar-refractivity contribution < 1.29 is 18.7 Å². The van der Waals surface area contributed by atoms with Gasteiger partial charge in [0.25, 0.3) is 5.91 Å². The molecule has 4 aliphatic rings. The van der Waals surface area contributed by atoms with E-state index < -0.39 is 12.1 Å². The van der Waals surface area contributed by atoms with Crippen molar-refractivity contribution in [3.8, 4) is 11.5 Å². The second-order valence-corrected chi connectivity index (χ2v) is 6.89. The van der Waals surface area contributed by atoms with E-state index in [1.54, 1.807) is 6.07 Å². The number of ether oxygens (including phenoxy) is 2. The summed E-state index contributed by atoms with van der Waals surface area (Å²) < 4.78 is 24.9. The van der Waals surface area contributed by atoms with Gasteiger partial charge in [-0.1, -0.05) is 12.1 Å². The second kappa shape index (κ2) is 5.86. The molecule has 3 unspecified atom stereocenters. The Hall–Kier alpha value is -2.83. The molecule has 4 aliphatic heterocycles. The number of nitrogens with zero attached hydrogens (tertiary/aromatic N) is 3. The van der Waals surface area contributed by atoms with Crippen LogP contribution in [0.25, 0.3) is 0 Å². The highest BCUT2D eigenvalue weighted by Crippen LogP contribution is 2.37. The zero-order valence-corrected chi connectivity index (χ0v) is 14.0. The smallest absolute Gasteiger partial charge is 0.267 e. The maximum Gasteiger partial charge on any atom is 0.267 e. The molecule has 1 aromatic heterocycles. The summed E-state index contributed by atoms with van der Waals surface area (Å²) in [5, 5.41) is 0. The Morgan fingerprint density at radius 3 is 2.69 bits per heavy atom. The molecule has 1 aromatic carbocycles. The number of anilines is 1. The largest absolute Gasteiger partial charge is 0.485 e. The lowest BCUT2D eigenvalue weighted by molar-refractivity contribution is -0.156. The van der Waals surface area contributed by atoms with Crippen molar-refractivity contribution >= 4 is 11.6 Å². The Morgan fingerprint density at radius 2 is 1.92 bits per heavy atom. The van der Waals surface area contributed by atoms with Crippen LogP contribution in [0.4, 0.5) is 10.1 Å². The summed E-state index contributed by atoms with van der Waals surface area (Å²) in [5.74, 6) is 0.769. The van der Waals surface area contributed by atoms with Gasteiger partial charge in [-0.15, -0.1) is 0 Å². The van der Waals surface area contributed by atoms with Crippen LogP contribution in [0.15, 0.2) is 42.6 Å². The first-order chi connectivity index (χ1) is 12.7. The Bertz CT molecular complexity index is 849. The predicted octanol–water partition coefficient (Wildman–Crippen LogP) is 1.85. The first kappa shape index (κ1) is 15.4. The molecule has 6 nitrogen and oxygen atoms in total. The van der Waals surface area contributed by atoms with Crippen LogP contribution in [0.2, 0.25) is 0 Å². The van der Waals surface area contributed by atoms with Crippen molar-refractivity contribution in [3.63, 3.8) is 0 Å². The molecular weight excluding hydrogens is 337 g/mol. The minimum absolute atomic E-state index is 0.0266. The standard InChI is InChI=1S/C19H18FN3O3/c20-18-8-12(5-6-21-18)22-9-13-7-14(10-22)23(13)19(24)17-11-25-15-3-1-2-4-16(15)26-17/h1-6,8,13-14,17H,7,9-11H2. The van der Waals surface area contributed by atoms with Gasteiger partial charge >= 0.3 is 0 Å². The van der Waals surface area contributed by atoms with E-state index in [2.05, 4.69) is 9.88 Å². The third-order valence-electron chi connectivity index (χ3n) is 5.31. The van der Waals surface area contributed by atoms with Gasteiger partial charge < -0.3 is 19.3 Å². The van der Waals surface area contributed by atoms with E-state index in [0.717, 1.165) is 12.1 Å². The van der Waals surface area contributed by atoms with Gasteiger partial charge in [-0.05, 0) is 24.6 Å². The molecule has 3 saturated heterocycles. The number of hydrogen-bond donors (Lipinski definition) is 0. The molecule has 0 radical (unpaired) electrons. The summed E-state index contributed by atoms with van der Waals surface area (Å²) in [6, 6.07) is 10.9. The van der Waals surface area contributed by atoms with Gasteiger partial charge in [0, 0.05) is 31.0 Å². The molecule has 134 valence electrons. The third-order valence-corrected chi connectivity index (χ3v) is 5.31. The number of hydrogen-bond acceptors (Lipinski definition) is 5. The number of para-hydroxylation sites is 2. The van der Waals surface area contributed by atoms with Gasteiger partial charge in [-0.3, -0.25) is 4.79 Å². The molecule has 26 heavy (non-hydrogen) atoms. The van der Waals surface area contributed by atoms with E-state index in [1.807, 2.05) is 29.2 Å². The van der Waals surface area contributed by atoms with Gasteiger partial charge in [0.1, 0.15) is 6.61 Å². The van der Waals surface area contributed by atoms with Gasteiger partial charge in [-0.2, -0.15) is 4.39 Å². The number of fused-ring (bicyclic) bond motifs is 3. The number of halogens is 1. The number of pyridine rings is 1. The van der Waals surface area contributed by atoms with E-state index in [1.165, 1.54) is 12.3 Å². The molecular formula is C19H18FN3O3. The summed E-state index contributed by atoms with van der Waals surface area (Å²) in [4.78, 5) is 20.6. The number of carbonyl (C=O) groups excluding carboxylic acids is 1. The molecule has 2 aromatic rings. The number of amides is 1. The van der Waals surface area contributed by atoms with Crippen molar-refractivity contribution in [3.05, 3.63) is 48.5 Å². The van der Waals surface area contributed by atoms with Crippen LogP contribution in [-0.2, 0) is 4.79 Å². The van der Waals surface area contributed by atoms with E-state index in [9.17, 15) is 9.18 Å². The molecule has 3 fully saturated rings. The molecule has 0 saturated carbocycles. The van der Waals surface area contributed by atoms with Crippen molar-refractivity contribution in [1.82, 2.24) is 9.88 Å². The topological polar surface area (TPSA) is 54.9 Å². The average molecular weight is 355 g/mol. The first-order valence-corrected chi connectivity index (χ1v) is 8.76. The van der Waals surface area contributed by atoms with Crippen LogP contribution < -0.4 is 14.4 Å². The normalized spacial score (nSPS) is 26.3. The van der Waals surface area contributed by atoms with Crippen LogP contribution in [0.3, 0.4) is 0 Å². The van der Waals surface area contributed by atoms with E-state index in [0.29, 0.717) is 24.6 Å². The summed E-state index contributed by atoms with van der Waals surface area (Å²) >= 11 is 0. The highest BCUT2D eigenvalue weighted by molar-refractivity contribution is 5.84. The average Bonchev–Trinajstić information content (AvgIpc) is 2.67. The quantitative estimate of drug-likeness (QED) is 0.770. The van der Waals surface area contributed by atoms with Gasteiger partial charge in [0.05, 0.1) is 12.1 Å². The second-order valence-electron chi connectivity index (χ2n) is 6.89. The molecule has 6 rings (SSSR count). The third kappa shape index (κ3) is 2.46. The fourth-order valence-electron chi connectivity index (χ4n) is 4.08. The van der Waals surface area contributed by atoms with Crippen molar-refractivity contribution in [2.24, 2.45) is 0 Å². The number of aromatic nitrogens is 1. The number of piperazine rings is 1. The van der Waals surface area contributed by atoms with Crippen molar-refractivity contribution in [1.29, 1.82) is 0 Å². The van der Waals surface area contributed by atoms with Crippen molar-refractivity contribution in [2.75, 3.05) is 24.6 Å². The van der Waals surface area contributed by atoms with Crippen LogP contribution in [0.1, 0.15) is 6.42 Å². The maximum absolute atomic E-state index is 13.4. The Kier molecular flexibility index (Phi) is 3.48. The lowest BCUT2D eigenvalue weighted by atomic mass is 9.86. The van der Waals surface area contributed by atoms with Gasteiger partial charge in [0.15, 0.2) is 11.5 Å². The predicted molar refractivity (Wildman–Crippen MR) is 91.8 cm³/mol. The first-order valence-electron chi connectivity index (χ1n) is 8.76. The van der Waals surface area contributed by atoms with Crippen LogP contribution in [0.5, 0.6) is 11.5 Å². The summed E-state index contributed by atoms with van der Waals surface area (Å²) in [6.45, 7) is 1.61. The SMILES string of the molecule is O=C(C1COc2ccccc2O1)N1C2CC1CN(c1ccnc(F)c1)C2. The Morgan fingerprint density at radius 1 is 1.15 bits per heavy atom. The zero-order valence-electron chi connectivity index (χ0n) is 14.0. The fourth-order valence-corrected chi connectivity index (χ4v) is 4.08. The number of benzene rings is 1. The molecule has 5 heterocycles. The minimum atomic E-state index is -0.611. The minimum Gasteiger partial charge on any atom is -0.485 e. The molecule has 0 aliphatic carbocycles. The molecule has 0 spiro atoms. The van der Waals surface area contributed by atoms with Crippen LogP contribution in [0, 0.1) is 5.95 Å². The molecule has 7 heteroatoms. The fraction of sp³-hybridized carbons (Fsp3) is 0.368. The number of carbonyl (C=O) groups is 1. The molecule has 1 amide bonds. The van der Waals surface area contributed by atoms with Crippen molar-refractivity contribution in [2.45, 2.75) is 24.6 Å². The summed E-state index contributed by atoms with van der Waals surface area (Å²) in [5.41, 5.74) is 0.811. The maximum atomic E-state index is 13.4. The monoisotopic (exact) mass is 355 g/mol. The van der Waals surface area contributed by atoms with E-state index >= 15 is 0 Å². The zero-order chi connectivity index (χ0) is 17.7. The lowest BCUT2D eigenvalue weighted by Crippen LogP contribution is -2.72. The molecule has 3 atom stereocenters. The van der Waals surface area contributed by atoms with E-state index in [-0.39, 0.29) is 24.6 Å². The van der Waals surface area contributed by atoms with Crippen LogP contribution >= 0.6 is 0 Å². The van der Waals surface area contributed by atoms with Gasteiger partial charge in [-0.25, -0.2) is 4.98 Å². The number of piperidine rings is 1. The lowest BCUT2D eigenvalue weighted by Gasteiger charge is -2.57. The van der Waals surface area contributed by atoms with Crippen LogP contribution in [-0.4, -0.2) is 53.7 Å². The van der Waals surface area contributed by atoms with Gasteiger partial charge in [0.2, 0.25) is 12.1 Å². The Labute approximate surface area is 150 Å². The molecule has 2 bridgehead atoms. The summed E-state index contributed by atoms with van der Waals surface area (Å²) in [6.07, 6.45) is 1.83. The highest BCUT2D eigenvalue weighted by Gasteiger charge is 2.49. The molecule has 0 N–H and O–H groups in total. The number of rotatable bonds is 2.